The van der Waals surface area contributed by atoms with Crippen LogP contribution in [0.3, 0.4) is 0 Å². The first kappa shape index (κ1) is 13.7. The van der Waals surface area contributed by atoms with E-state index in [9.17, 15) is 4.39 Å². The van der Waals surface area contributed by atoms with E-state index in [4.69, 9.17) is 0 Å². The topological polar surface area (TPSA) is 29.9 Å². The highest BCUT2D eigenvalue weighted by Gasteiger charge is 2.11. The fourth-order valence-electron chi connectivity index (χ4n) is 2.15. The quantitative estimate of drug-likeness (QED) is 0.865. The van der Waals surface area contributed by atoms with Crippen LogP contribution in [0, 0.1) is 5.82 Å². The van der Waals surface area contributed by atoms with E-state index in [0.717, 1.165) is 43.0 Å². The second kappa shape index (κ2) is 6.48. The summed E-state index contributed by atoms with van der Waals surface area (Å²) in [6.45, 7) is 6.69. The number of halogens is 1. The Morgan fingerprint density at radius 1 is 1.32 bits per heavy atom. The van der Waals surface area contributed by atoms with Gasteiger partial charge < -0.3 is 9.88 Å². The SMILES string of the molecule is CCCn1ccnc1-c1cc(F)ccc1CNCC. The van der Waals surface area contributed by atoms with E-state index in [1.165, 1.54) is 6.07 Å². The normalized spacial score (nSPS) is 10.9. The molecule has 3 nitrogen and oxygen atoms in total. The summed E-state index contributed by atoms with van der Waals surface area (Å²) in [5.74, 6) is 0.621. The lowest BCUT2D eigenvalue weighted by molar-refractivity contribution is 0.625. The van der Waals surface area contributed by atoms with Crippen molar-refractivity contribution in [1.29, 1.82) is 0 Å². The molecule has 0 atom stereocenters. The molecule has 0 saturated heterocycles. The molecule has 4 heteroatoms. The molecule has 2 aromatic rings. The van der Waals surface area contributed by atoms with Gasteiger partial charge in [-0.05, 0) is 30.7 Å². The van der Waals surface area contributed by atoms with E-state index in [0.29, 0.717) is 0 Å². The highest BCUT2D eigenvalue weighted by atomic mass is 19.1. The monoisotopic (exact) mass is 261 g/mol. The maximum absolute atomic E-state index is 13.5. The summed E-state index contributed by atoms with van der Waals surface area (Å²) in [7, 11) is 0. The van der Waals surface area contributed by atoms with Crippen LogP contribution in [0.4, 0.5) is 4.39 Å². The van der Waals surface area contributed by atoms with Crippen molar-refractivity contribution in [2.75, 3.05) is 6.54 Å². The molecule has 0 aliphatic rings. The predicted molar refractivity (Wildman–Crippen MR) is 75.3 cm³/mol. The average molecular weight is 261 g/mol. The van der Waals surface area contributed by atoms with Crippen molar-refractivity contribution in [1.82, 2.24) is 14.9 Å². The van der Waals surface area contributed by atoms with Crippen LogP contribution in [0.5, 0.6) is 0 Å². The summed E-state index contributed by atoms with van der Waals surface area (Å²) >= 11 is 0. The molecule has 0 aliphatic heterocycles. The molecule has 1 aromatic heterocycles. The number of benzene rings is 1. The molecule has 0 radical (unpaired) electrons. The minimum atomic E-state index is -0.221. The molecule has 0 saturated carbocycles. The van der Waals surface area contributed by atoms with Crippen molar-refractivity contribution < 1.29 is 4.39 Å². The summed E-state index contributed by atoms with van der Waals surface area (Å²) in [4.78, 5) is 4.38. The van der Waals surface area contributed by atoms with Gasteiger partial charge in [-0.15, -0.1) is 0 Å². The zero-order valence-corrected chi connectivity index (χ0v) is 11.5. The molecule has 1 aromatic carbocycles. The lowest BCUT2D eigenvalue weighted by Crippen LogP contribution is -2.13. The minimum absolute atomic E-state index is 0.221. The summed E-state index contributed by atoms with van der Waals surface area (Å²) in [5.41, 5.74) is 1.95. The number of aryl methyl sites for hydroxylation is 1. The molecule has 1 heterocycles. The van der Waals surface area contributed by atoms with E-state index in [-0.39, 0.29) is 5.82 Å². The number of nitrogens with zero attached hydrogens (tertiary/aromatic N) is 2. The van der Waals surface area contributed by atoms with Gasteiger partial charge in [-0.25, -0.2) is 9.37 Å². The Balaban J connectivity index is 2.40. The van der Waals surface area contributed by atoms with Gasteiger partial charge in [0.2, 0.25) is 0 Å². The molecule has 0 fully saturated rings. The first-order chi connectivity index (χ1) is 9.26. The van der Waals surface area contributed by atoms with Gasteiger partial charge in [0.05, 0.1) is 0 Å². The van der Waals surface area contributed by atoms with E-state index in [2.05, 4.69) is 28.7 Å². The van der Waals surface area contributed by atoms with Crippen molar-refractivity contribution in [2.45, 2.75) is 33.4 Å². The third-order valence-corrected chi connectivity index (χ3v) is 3.06. The lowest BCUT2D eigenvalue weighted by Gasteiger charge is -2.12. The van der Waals surface area contributed by atoms with Crippen LogP contribution < -0.4 is 5.32 Å². The largest absolute Gasteiger partial charge is 0.331 e. The smallest absolute Gasteiger partial charge is 0.140 e. The fourth-order valence-corrected chi connectivity index (χ4v) is 2.15. The zero-order chi connectivity index (χ0) is 13.7. The van der Waals surface area contributed by atoms with Gasteiger partial charge in [-0.3, -0.25) is 0 Å². The maximum atomic E-state index is 13.5. The third kappa shape index (κ3) is 3.20. The molecule has 1 N–H and O–H groups in total. The molecule has 0 spiro atoms. The van der Waals surface area contributed by atoms with Gasteiger partial charge in [0.25, 0.3) is 0 Å². The van der Waals surface area contributed by atoms with Crippen molar-refractivity contribution in [3.05, 3.63) is 42.0 Å². The molecule has 2 rings (SSSR count). The van der Waals surface area contributed by atoms with Crippen molar-refractivity contribution in [3.63, 3.8) is 0 Å². The summed E-state index contributed by atoms with van der Waals surface area (Å²) in [6, 6.07) is 4.91. The van der Waals surface area contributed by atoms with E-state index in [1.54, 1.807) is 12.3 Å². The minimum Gasteiger partial charge on any atom is -0.331 e. The molecule has 102 valence electrons. The van der Waals surface area contributed by atoms with Crippen LogP contribution in [0.2, 0.25) is 0 Å². The van der Waals surface area contributed by atoms with Crippen LogP contribution in [-0.2, 0) is 13.1 Å². The highest BCUT2D eigenvalue weighted by Crippen LogP contribution is 2.23. The molecule has 0 aliphatic carbocycles. The van der Waals surface area contributed by atoms with Crippen molar-refractivity contribution in [3.8, 4) is 11.4 Å². The van der Waals surface area contributed by atoms with Gasteiger partial charge in [-0.1, -0.05) is 19.9 Å². The van der Waals surface area contributed by atoms with E-state index < -0.39 is 0 Å². The Hall–Kier alpha value is -1.68. The maximum Gasteiger partial charge on any atom is 0.140 e. The predicted octanol–water partition coefficient (Wildman–Crippen LogP) is 3.21. The van der Waals surface area contributed by atoms with Crippen molar-refractivity contribution in [2.24, 2.45) is 0 Å². The first-order valence-corrected chi connectivity index (χ1v) is 6.77. The summed E-state index contributed by atoms with van der Waals surface area (Å²) in [6.07, 6.45) is 4.74. The van der Waals surface area contributed by atoms with Gasteiger partial charge in [0.1, 0.15) is 11.6 Å². The molecule has 0 amide bonds. The molecule has 0 bridgehead atoms. The van der Waals surface area contributed by atoms with Crippen molar-refractivity contribution >= 4 is 0 Å². The highest BCUT2D eigenvalue weighted by molar-refractivity contribution is 5.61. The van der Waals surface area contributed by atoms with Gasteiger partial charge >= 0.3 is 0 Å². The van der Waals surface area contributed by atoms with E-state index in [1.807, 2.05) is 12.3 Å². The molecule has 19 heavy (non-hydrogen) atoms. The Morgan fingerprint density at radius 2 is 2.16 bits per heavy atom. The molecule has 0 unspecified atom stereocenters. The number of imidazole rings is 1. The number of rotatable bonds is 6. The Morgan fingerprint density at radius 3 is 2.89 bits per heavy atom. The number of hydrogen-bond donors (Lipinski definition) is 1. The van der Waals surface area contributed by atoms with E-state index >= 15 is 0 Å². The number of aromatic nitrogens is 2. The van der Waals surface area contributed by atoms with Gasteiger partial charge in [-0.2, -0.15) is 0 Å². The fraction of sp³-hybridized carbons (Fsp3) is 0.400. The summed E-state index contributed by atoms with van der Waals surface area (Å²) in [5, 5.41) is 3.28. The van der Waals surface area contributed by atoms with Crippen LogP contribution in [-0.4, -0.2) is 16.1 Å². The number of nitrogens with one attached hydrogen (secondary N) is 1. The number of hydrogen-bond acceptors (Lipinski definition) is 2. The second-order valence-electron chi connectivity index (χ2n) is 4.53. The standard InChI is InChI=1S/C15H20FN3/c1-3-8-19-9-7-18-15(19)14-10-13(16)6-5-12(14)11-17-4-2/h5-7,9-10,17H,3-4,8,11H2,1-2H3. The van der Waals surface area contributed by atoms with Gasteiger partial charge in [0, 0.05) is 31.0 Å². The van der Waals surface area contributed by atoms with Crippen LogP contribution in [0.15, 0.2) is 30.6 Å². The Bertz CT molecular complexity index is 534. The zero-order valence-electron chi connectivity index (χ0n) is 11.5. The lowest BCUT2D eigenvalue weighted by atomic mass is 10.1. The molecular weight excluding hydrogens is 241 g/mol. The van der Waals surface area contributed by atoms with Crippen LogP contribution >= 0.6 is 0 Å². The second-order valence-corrected chi connectivity index (χ2v) is 4.53. The Kier molecular flexibility index (Phi) is 4.68. The first-order valence-electron chi connectivity index (χ1n) is 6.77. The Labute approximate surface area is 113 Å². The third-order valence-electron chi connectivity index (χ3n) is 3.06. The van der Waals surface area contributed by atoms with Crippen LogP contribution in [0.25, 0.3) is 11.4 Å². The summed E-state index contributed by atoms with van der Waals surface area (Å²) < 4.78 is 15.6. The average Bonchev–Trinajstić information content (AvgIpc) is 2.86. The van der Waals surface area contributed by atoms with Gasteiger partial charge in [0.15, 0.2) is 0 Å². The van der Waals surface area contributed by atoms with Crippen LogP contribution in [0.1, 0.15) is 25.8 Å². The molecular formula is C15H20FN3.